The van der Waals surface area contributed by atoms with Crippen molar-refractivity contribution in [2.75, 3.05) is 5.73 Å². The van der Waals surface area contributed by atoms with Gasteiger partial charge in [0.1, 0.15) is 5.01 Å². The number of nitrogens with zero attached hydrogens (tertiary/aromatic N) is 1. The predicted molar refractivity (Wildman–Crippen MR) is 104 cm³/mol. The molecule has 132 valence electrons. The molecule has 3 N–H and O–H groups in total. The number of halogens is 2. The number of carbonyl (C=O) groups is 1. The molecular formula is C17H23Cl2N3OS. The van der Waals surface area contributed by atoms with E-state index in [2.05, 4.69) is 10.3 Å². The van der Waals surface area contributed by atoms with Crippen LogP contribution >= 0.6 is 36.2 Å². The molecule has 1 aromatic heterocycles. The number of carbonyl (C=O) groups excluding carboxylic acids is 1. The molecule has 24 heavy (non-hydrogen) atoms. The van der Waals surface area contributed by atoms with Gasteiger partial charge in [0.15, 0.2) is 0 Å². The Morgan fingerprint density at radius 3 is 2.58 bits per heavy atom. The van der Waals surface area contributed by atoms with Crippen molar-refractivity contribution in [1.29, 1.82) is 0 Å². The van der Waals surface area contributed by atoms with Gasteiger partial charge in [0.05, 0.1) is 5.54 Å². The maximum absolute atomic E-state index is 12.3. The van der Waals surface area contributed by atoms with Crippen molar-refractivity contribution in [3.05, 3.63) is 45.9 Å². The van der Waals surface area contributed by atoms with E-state index in [4.69, 9.17) is 5.73 Å². The van der Waals surface area contributed by atoms with Gasteiger partial charge in [-0.2, -0.15) is 0 Å². The summed E-state index contributed by atoms with van der Waals surface area (Å²) in [4.78, 5) is 16.9. The highest BCUT2D eigenvalue weighted by Gasteiger charge is 2.42. The van der Waals surface area contributed by atoms with Gasteiger partial charge in [0.2, 0.25) is 5.91 Å². The predicted octanol–water partition coefficient (Wildman–Crippen LogP) is 4.01. The summed E-state index contributed by atoms with van der Waals surface area (Å²) in [5.41, 5.74) is 8.51. The summed E-state index contributed by atoms with van der Waals surface area (Å²) in [5.74, 6) is 0.0795. The first-order valence-corrected chi connectivity index (χ1v) is 8.54. The molecule has 3 rings (SSSR count). The van der Waals surface area contributed by atoms with Gasteiger partial charge in [-0.15, -0.1) is 36.2 Å². The Morgan fingerprint density at radius 1 is 1.33 bits per heavy atom. The number of rotatable bonds is 5. The monoisotopic (exact) mass is 387 g/mol. The van der Waals surface area contributed by atoms with Gasteiger partial charge in [0, 0.05) is 23.2 Å². The number of nitrogen functional groups attached to an aromatic ring is 1. The molecule has 0 spiro atoms. The minimum Gasteiger partial charge on any atom is -0.399 e. The highest BCUT2D eigenvalue weighted by atomic mass is 35.5. The molecular weight excluding hydrogens is 365 g/mol. The largest absolute Gasteiger partial charge is 0.399 e. The number of nitrogens with two attached hydrogens (primary N) is 1. The van der Waals surface area contributed by atoms with Crippen LogP contribution in [0.1, 0.15) is 41.9 Å². The number of aryl methyl sites for hydroxylation is 2. The normalized spacial score (nSPS) is 14.7. The first-order valence-electron chi connectivity index (χ1n) is 7.66. The van der Waals surface area contributed by atoms with Crippen LogP contribution in [0, 0.1) is 6.92 Å². The molecule has 4 nitrogen and oxygen atoms in total. The van der Waals surface area contributed by atoms with Crippen molar-refractivity contribution < 1.29 is 4.79 Å². The van der Waals surface area contributed by atoms with Gasteiger partial charge >= 0.3 is 0 Å². The van der Waals surface area contributed by atoms with Crippen LogP contribution in [0.15, 0.2) is 29.6 Å². The summed E-state index contributed by atoms with van der Waals surface area (Å²) in [6, 6.07) is 7.72. The Hall–Kier alpha value is -1.30. The topological polar surface area (TPSA) is 68.0 Å². The van der Waals surface area contributed by atoms with Crippen molar-refractivity contribution in [1.82, 2.24) is 10.3 Å². The summed E-state index contributed by atoms with van der Waals surface area (Å²) >= 11 is 1.65. The molecule has 1 amide bonds. The van der Waals surface area contributed by atoms with Crippen LogP contribution in [-0.2, 0) is 16.8 Å². The molecule has 1 aliphatic carbocycles. The summed E-state index contributed by atoms with van der Waals surface area (Å²) in [6.07, 6.45) is 4.24. The second-order valence-electron chi connectivity index (χ2n) is 5.98. The molecule has 0 bridgehead atoms. The van der Waals surface area contributed by atoms with E-state index in [0.29, 0.717) is 12.8 Å². The quantitative estimate of drug-likeness (QED) is 0.761. The highest BCUT2D eigenvalue weighted by molar-refractivity contribution is 7.09. The number of amides is 1. The molecule has 0 radical (unpaired) electrons. The number of aromatic nitrogens is 1. The molecule has 0 saturated heterocycles. The van der Waals surface area contributed by atoms with Gasteiger partial charge in [-0.25, -0.2) is 4.98 Å². The Kier molecular flexibility index (Phi) is 7.52. The number of hydrogen-bond donors (Lipinski definition) is 2. The number of anilines is 1. The maximum Gasteiger partial charge on any atom is 0.221 e. The number of hydrogen-bond acceptors (Lipinski definition) is 4. The van der Waals surface area contributed by atoms with Crippen molar-refractivity contribution in [3.63, 3.8) is 0 Å². The van der Waals surface area contributed by atoms with Crippen LogP contribution in [0.3, 0.4) is 0 Å². The maximum atomic E-state index is 12.3. The van der Waals surface area contributed by atoms with Crippen molar-refractivity contribution in [2.24, 2.45) is 0 Å². The number of nitrogens with one attached hydrogen (secondary N) is 1. The van der Waals surface area contributed by atoms with Gasteiger partial charge in [-0.05, 0) is 44.2 Å². The number of thiazole rings is 1. The Bertz CT molecular complexity index is 686. The average molecular weight is 388 g/mol. The van der Waals surface area contributed by atoms with E-state index < -0.39 is 0 Å². The third-order valence-electron chi connectivity index (χ3n) is 4.29. The SMILES string of the molecule is Cc1csc(C2(NC(=O)CCc3ccccc3N)CCC2)n1.Cl.Cl. The molecule has 1 heterocycles. The molecule has 0 atom stereocenters. The zero-order valence-corrected chi connectivity index (χ0v) is 16.0. The Morgan fingerprint density at radius 2 is 2.04 bits per heavy atom. The van der Waals surface area contributed by atoms with E-state index in [1.54, 1.807) is 11.3 Å². The van der Waals surface area contributed by atoms with E-state index >= 15 is 0 Å². The van der Waals surface area contributed by atoms with Crippen LogP contribution in [-0.4, -0.2) is 10.9 Å². The van der Waals surface area contributed by atoms with E-state index in [-0.39, 0.29) is 36.3 Å². The summed E-state index contributed by atoms with van der Waals surface area (Å²) in [6.45, 7) is 1.99. The lowest BCUT2D eigenvalue weighted by molar-refractivity contribution is -0.124. The lowest BCUT2D eigenvalue weighted by Gasteiger charge is -2.40. The molecule has 2 aromatic rings. The minimum atomic E-state index is -0.224. The zero-order valence-electron chi connectivity index (χ0n) is 13.6. The standard InChI is InChI=1S/C17H21N3OS.2ClH/c1-12-11-22-16(19-12)17(9-4-10-17)20-15(21)8-7-13-5-2-3-6-14(13)18;;/h2-3,5-6,11H,4,7-10,18H2,1H3,(H,20,21);2*1H. The second-order valence-corrected chi connectivity index (χ2v) is 6.83. The van der Waals surface area contributed by atoms with Crippen LogP contribution in [0.25, 0.3) is 0 Å². The first kappa shape index (κ1) is 20.7. The summed E-state index contributed by atoms with van der Waals surface area (Å²) in [5, 5.41) is 6.31. The molecule has 1 fully saturated rings. The first-order chi connectivity index (χ1) is 10.6. The molecule has 0 aliphatic heterocycles. The average Bonchev–Trinajstić information content (AvgIpc) is 2.89. The molecule has 0 unspecified atom stereocenters. The van der Waals surface area contributed by atoms with Gasteiger partial charge in [-0.3, -0.25) is 4.79 Å². The summed E-state index contributed by atoms with van der Waals surface area (Å²) < 4.78 is 0. The van der Waals surface area contributed by atoms with E-state index in [1.165, 1.54) is 0 Å². The second kappa shape index (κ2) is 8.70. The minimum absolute atomic E-state index is 0. The van der Waals surface area contributed by atoms with Crippen LogP contribution in [0.4, 0.5) is 5.69 Å². The fourth-order valence-corrected chi connectivity index (χ4v) is 3.85. The van der Waals surface area contributed by atoms with Crippen LogP contribution in [0.5, 0.6) is 0 Å². The molecule has 1 saturated carbocycles. The van der Waals surface area contributed by atoms with Gasteiger partial charge in [0.25, 0.3) is 0 Å². The fourth-order valence-electron chi connectivity index (χ4n) is 2.84. The van der Waals surface area contributed by atoms with Crippen LogP contribution < -0.4 is 11.1 Å². The fraction of sp³-hybridized carbons (Fsp3) is 0.412. The van der Waals surface area contributed by atoms with Crippen LogP contribution in [0.2, 0.25) is 0 Å². The van der Waals surface area contributed by atoms with Crippen molar-refractivity contribution >= 4 is 47.7 Å². The lowest BCUT2D eigenvalue weighted by Crippen LogP contribution is -2.50. The molecule has 7 heteroatoms. The third-order valence-corrected chi connectivity index (χ3v) is 5.45. The molecule has 1 aliphatic rings. The smallest absolute Gasteiger partial charge is 0.221 e. The number of benzene rings is 1. The third kappa shape index (κ3) is 4.41. The Balaban J connectivity index is 0.00000144. The Labute approximate surface area is 159 Å². The van der Waals surface area contributed by atoms with E-state index in [9.17, 15) is 4.79 Å². The van der Waals surface area contributed by atoms with Gasteiger partial charge < -0.3 is 11.1 Å². The van der Waals surface area contributed by atoms with Crippen molar-refractivity contribution in [3.8, 4) is 0 Å². The van der Waals surface area contributed by atoms with E-state index in [1.807, 2.05) is 36.6 Å². The zero-order chi connectivity index (χ0) is 15.6. The van der Waals surface area contributed by atoms with Gasteiger partial charge in [-0.1, -0.05) is 18.2 Å². The lowest BCUT2D eigenvalue weighted by atomic mass is 9.77. The van der Waals surface area contributed by atoms with E-state index in [0.717, 1.165) is 41.2 Å². The highest BCUT2D eigenvalue weighted by Crippen LogP contribution is 2.42. The number of para-hydroxylation sites is 1. The van der Waals surface area contributed by atoms with Crippen molar-refractivity contribution in [2.45, 2.75) is 44.6 Å². The summed E-state index contributed by atoms with van der Waals surface area (Å²) in [7, 11) is 0. The molecule has 1 aromatic carbocycles.